The molecule has 0 spiro atoms. The lowest BCUT2D eigenvalue weighted by molar-refractivity contribution is 0.0869. The number of methoxy groups -OCH3 is 1. The first-order valence-electron chi connectivity index (χ1n) is 5.41. The maximum atomic E-state index is 13.4. The molecule has 20 heavy (non-hydrogen) atoms. The van der Waals surface area contributed by atoms with Gasteiger partial charge in [0.1, 0.15) is 10.7 Å². The molecule has 1 amide bonds. The van der Waals surface area contributed by atoms with Crippen LogP contribution >= 0.6 is 26.6 Å². The van der Waals surface area contributed by atoms with Gasteiger partial charge in [-0.1, -0.05) is 0 Å². The van der Waals surface area contributed by atoms with Crippen molar-refractivity contribution in [3.63, 3.8) is 0 Å². The van der Waals surface area contributed by atoms with Crippen LogP contribution < -0.4 is 5.32 Å². The largest absolute Gasteiger partial charge is 0.380 e. The van der Waals surface area contributed by atoms with Gasteiger partial charge >= 0.3 is 0 Å². The lowest BCUT2D eigenvalue weighted by Crippen LogP contribution is -2.32. The molecule has 0 aromatic heterocycles. The van der Waals surface area contributed by atoms with E-state index in [1.807, 2.05) is 0 Å². The van der Waals surface area contributed by atoms with Crippen molar-refractivity contribution in [2.75, 3.05) is 13.7 Å². The van der Waals surface area contributed by atoms with Gasteiger partial charge < -0.3 is 10.1 Å². The molecule has 1 aromatic carbocycles. The third kappa shape index (κ3) is 4.41. The Morgan fingerprint density at radius 3 is 2.65 bits per heavy atom. The number of carbonyl (C=O) groups excluding carboxylic acids is 1. The number of benzene rings is 1. The summed E-state index contributed by atoms with van der Waals surface area (Å²) in [5, 5.41) is 2.50. The van der Waals surface area contributed by atoms with E-state index in [1.165, 1.54) is 7.11 Å². The molecule has 1 atom stereocenters. The minimum atomic E-state index is -4.17. The zero-order valence-electron chi connectivity index (χ0n) is 10.6. The van der Waals surface area contributed by atoms with E-state index in [2.05, 4.69) is 21.2 Å². The molecule has 1 N–H and O–H groups in total. The van der Waals surface area contributed by atoms with Crippen LogP contribution in [-0.4, -0.2) is 34.1 Å². The van der Waals surface area contributed by atoms with E-state index < -0.39 is 25.7 Å². The van der Waals surface area contributed by atoms with Crippen LogP contribution in [0.1, 0.15) is 17.3 Å². The molecule has 0 heterocycles. The van der Waals surface area contributed by atoms with Crippen molar-refractivity contribution < 1.29 is 22.3 Å². The first-order valence-corrected chi connectivity index (χ1v) is 8.51. The fourth-order valence-electron chi connectivity index (χ4n) is 1.32. The molecule has 1 unspecified atom stereocenters. The maximum absolute atomic E-state index is 13.4. The first kappa shape index (κ1) is 17.4. The van der Waals surface area contributed by atoms with Gasteiger partial charge in [0.2, 0.25) is 0 Å². The molecule has 0 aliphatic carbocycles. The topological polar surface area (TPSA) is 72.5 Å². The molecule has 1 rings (SSSR count). The second-order valence-corrected chi connectivity index (χ2v) is 7.29. The standard InChI is InChI=1S/C11H12BrClFNO4S/c1-6(19-2)5-15-11(16)8-3-7(14)4-9(10(8)12)20(13,17)18/h3-4,6H,5H2,1-2H3,(H,15,16). The molecule has 5 nitrogen and oxygen atoms in total. The SMILES string of the molecule is COC(C)CNC(=O)c1cc(F)cc(S(=O)(=O)Cl)c1Br. The smallest absolute Gasteiger partial charge is 0.262 e. The summed E-state index contributed by atoms with van der Waals surface area (Å²) in [6.45, 7) is 1.93. The number of amides is 1. The summed E-state index contributed by atoms with van der Waals surface area (Å²) >= 11 is 2.95. The molecule has 1 aromatic rings. The molecule has 0 saturated carbocycles. The fourth-order valence-corrected chi connectivity index (χ4v) is 3.59. The Hall–Kier alpha value is -0.700. The van der Waals surface area contributed by atoms with Crippen LogP contribution in [0.4, 0.5) is 4.39 Å². The Morgan fingerprint density at radius 1 is 1.55 bits per heavy atom. The first-order chi connectivity index (χ1) is 9.16. The molecule has 0 radical (unpaired) electrons. The number of halogens is 3. The number of hydrogen-bond acceptors (Lipinski definition) is 4. The highest BCUT2D eigenvalue weighted by molar-refractivity contribution is 9.10. The Balaban J connectivity index is 3.13. The molecule has 0 fully saturated rings. The summed E-state index contributed by atoms with van der Waals surface area (Å²) in [6, 6.07) is 1.66. The maximum Gasteiger partial charge on any atom is 0.262 e. The zero-order chi connectivity index (χ0) is 15.5. The van der Waals surface area contributed by atoms with Crippen molar-refractivity contribution in [2.45, 2.75) is 17.9 Å². The number of carbonyl (C=O) groups is 1. The van der Waals surface area contributed by atoms with Gasteiger partial charge in [-0.15, -0.1) is 0 Å². The summed E-state index contributed by atoms with van der Waals surface area (Å²) in [7, 11) is 2.50. The second kappa shape index (κ2) is 6.84. The number of ether oxygens (including phenoxy) is 1. The Morgan fingerprint density at radius 2 is 2.15 bits per heavy atom. The summed E-state index contributed by atoms with van der Waals surface area (Å²) in [5.41, 5.74) is -0.160. The van der Waals surface area contributed by atoms with Crippen LogP contribution in [0.25, 0.3) is 0 Å². The van der Waals surface area contributed by atoms with Gasteiger partial charge in [0, 0.05) is 24.3 Å². The lowest BCUT2D eigenvalue weighted by Gasteiger charge is -2.12. The quantitative estimate of drug-likeness (QED) is 0.786. The van der Waals surface area contributed by atoms with Crippen LogP contribution in [0.5, 0.6) is 0 Å². The van der Waals surface area contributed by atoms with Crippen LogP contribution in [0.15, 0.2) is 21.5 Å². The highest BCUT2D eigenvalue weighted by atomic mass is 79.9. The third-order valence-corrected chi connectivity index (χ3v) is 4.93. The average Bonchev–Trinajstić information content (AvgIpc) is 2.36. The summed E-state index contributed by atoms with van der Waals surface area (Å²) in [5.74, 6) is -1.51. The van der Waals surface area contributed by atoms with E-state index in [-0.39, 0.29) is 22.7 Å². The van der Waals surface area contributed by atoms with Crippen molar-refractivity contribution >= 4 is 41.6 Å². The average molecular weight is 389 g/mol. The van der Waals surface area contributed by atoms with Gasteiger partial charge in [0.05, 0.1) is 16.1 Å². The minimum absolute atomic E-state index is 0.0866. The highest BCUT2D eigenvalue weighted by Gasteiger charge is 2.22. The van der Waals surface area contributed by atoms with Crippen LogP contribution in [-0.2, 0) is 13.8 Å². The van der Waals surface area contributed by atoms with Gasteiger partial charge in [0.25, 0.3) is 15.0 Å². The molecular formula is C11H12BrClFNO4S. The van der Waals surface area contributed by atoms with Crippen molar-refractivity contribution in [2.24, 2.45) is 0 Å². The van der Waals surface area contributed by atoms with Crippen molar-refractivity contribution in [1.82, 2.24) is 5.32 Å². The van der Waals surface area contributed by atoms with Gasteiger partial charge in [-0.05, 0) is 35.0 Å². The summed E-state index contributed by atoms with van der Waals surface area (Å²) in [4.78, 5) is 11.4. The Kier molecular flexibility index (Phi) is 5.93. The van der Waals surface area contributed by atoms with Gasteiger partial charge in [-0.2, -0.15) is 0 Å². The predicted octanol–water partition coefficient (Wildman–Crippen LogP) is 2.28. The number of rotatable bonds is 5. The van der Waals surface area contributed by atoms with Crippen molar-refractivity contribution in [3.8, 4) is 0 Å². The molecule has 0 saturated heterocycles. The van der Waals surface area contributed by atoms with Crippen molar-refractivity contribution in [3.05, 3.63) is 28.0 Å². The third-order valence-electron chi connectivity index (χ3n) is 2.46. The van der Waals surface area contributed by atoms with Crippen LogP contribution in [0, 0.1) is 5.82 Å². The predicted molar refractivity (Wildman–Crippen MR) is 75.9 cm³/mol. The molecule has 0 aliphatic heterocycles. The van der Waals surface area contributed by atoms with Gasteiger partial charge in [0.15, 0.2) is 0 Å². The molecular weight excluding hydrogens is 377 g/mol. The Labute approximate surface area is 129 Å². The fraction of sp³-hybridized carbons (Fsp3) is 0.364. The van der Waals surface area contributed by atoms with E-state index in [1.54, 1.807) is 6.92 Å². The van der Waals surface area contributed by atoms with Gasteiger partial charge in [-0.25, -0.2) is 12.8 Å². The van der Waals surface area contributed by atoms with E-state index >= 15 is 0 Å². The molecule has 0 bridgehead atoms. The van der Waals surface area contributed by atoms with Crippen molar-refractivity contribution in [1.29, 1.82) is 0 Å². The highest BCUT2D eigenvalue weighted by Crippen LogP contribution is 2.29. The molecule has 0 aliphatic rings. The van der Waals surface area contributed by atoms with E-state index in [0.29, 0.717) is 0 Å². The number of nitrogens with one attached hydrogen (secondary N) is 1. The Bertz CT molecular complexity index is 623. The summed E-state index contributed by atoms with van der Waals surface area (Å²) < 4.78 is 40.9. The monoisotopic (exact) mass is 387 g/mol. The normalized spacial score (nSPS) is 13.1. The van der Waals surface area contributed by atoms with Crippen LogP contribution in [0.3, 0.4) is 0 Å². The minimum Gasteiger partial charge on any atom is -0.380 e. The molecule has 112 valence electrons. The second-order valence-electron chi connectivity index (χ2n) is 3.96. The van der Waals surface area contributed by atoms with E-state index in [9.17, 15) is 17.6 Å². The zero-order valence-corrected chi connectivity index (χ0v) is 13.8. The van der Waals surface area contributed by atoms with E-state index in [4.69, 9.17) is 15.4 Å². The van der Waals surface area contributed by atoms with E-state index in [0.717, 1.165) is 12.1 Å². The number of hydrogen-bond donors (Lipinski definition) is 1. The molecule has 9 heteroatoms. The van der Waals surface area contributed by atoms with Crippen LogP contribution in [0.2, 0.25) is 0 Å². The summed E-state index contributed by atoms with van der Waals surface area (Å²) in [6.07, 6.45) is -0.234. The van der Waals surface area contributed by atoms with Gasteiger partial charge in [-0.3, -0.25) is 4.79 Å². The lowest BCUT2D eigenvalue weighted by atomic mass is 10.2.